The zero-order chi connectivity index (χ0) is 21.7. The van der Waals surface area contributed by atoms with E-state index in [-0.39, 0.29) is 12.3 Å². The number of fused-ring (bicyclic) bond motifs is 2. The van der Waals surface area contributed by atoms with Crippen LogP contribution in [0.15, 0.2) is 36.5 Å². The number of nitrogens with one attached hydrogen (secondary N) is 2. The lowest BCUT2D eigenvalue weighted by Gasteiger charge is -2.09. The molecule has 0 spiro atoms. The summed E-state index contributed by atoms with van der Waals surface area (Å²) in [5, 5.41) is 10.5. The fourth-order valence-electron chi connectivity index (χ4n) is 3.96. The Morgan fingerprint density at radius 3 is 2.97 bits per heavy atom. The van der Waals surface area contributed by atoms with E-state index in [0.717, 1.165) is 4.85 Å². The van der Waals surface area contributed by atoms with Crippen molar-refractivity contribution in [2.45, 2.75) is 26.2 Å². The second kappa shape index (κ2) is 7.01. The Morgan fingerprint density at radius 1 is 1.29 bits per heavy atom. The third-order valence-electron chi connectivity index (χ3n) is 5.47. The van der Waals surface area contributed by atoms with Crippen LogP contribution in [0, 0.1) is 19.7 Å². The number of aryl methyl sites for hydroxylation is 1. The molecule has 1 unspecified atom stereocenters. The van der Waals surface area contributed by atoms with Gasteiger partial charge in [-0.2, -0.15) is 0 Å². The fourth-order valence-corrected chi connectivity index (χ4v) is 3.96. The average molecular weight is 420 g/mol. The fraction of sp³-hybridized carbons (Fsp3) is 0.190. The van der Waals surface area contributed by atoms with E-state index in [1.807, 2.05) is 0 Å². The number of hydrogen-bond acceptors (Lipinski definition) is 6. The Balaban J connectivity index is 1.43. The van der Waals surface area contributed by atoms with Gasteiger partial charge < -0.3 is 15.1 Å². The first kappa shape index (κ1) is 18.9. The Morgan fingerprint density at radius 2 is 2.13 bits per heavy atom. The standard InChI is InChI=1S/C21H17FN6O3/c1-10-17(9-14-13-8-12(22)5-6-15(13)25-20(14)29)24-11(2)18(10)21(30)31-28-19-16(26-27-28)4-3-7-23-19/h3-8,14,24H,9H2,1-2H3,(H,25,29). The van der Waals surface area contributed by atoms with Crippen molar-refractivity contribution in [1.82, 2.24) is 25.1 Å². The van der Waals surface area contributed by atoms with Gasteiger partial charge in [0.25, 0.3) is 0 Å². The predicted octanol–water partition coefficient (Wildman–Crippen LogP) is 2.46. The van der Waals surface area contributed by atoms with E-state index in [0.29, 0.717) is 44.9 Å². The first-order valence-electron chi connectivity index (χ1n) is 9.60. The van der Waals surface area contributed by atoms with E-state index >= 15 is 0 Å². The van der Waals surface area contributed by atoms with Crippen LogP contribution < -0.4 is 10.2 Å². The lowest BCUT2D eigenvalue weighted by molar-refractivity contribution is -0.117. The predicted molar refractivity (Wildman–Crippen MR) is 108 cm³/mol. The van der Waals surface area contributed by atoms with E-state index in [4.69, 9.17) is 4.84 Å². The molecule has 3 aromatic heterocycles. The minimum Gasteiger partial charge on any atom is -0.362 e. The number of carbonyl (C=O) groups is 2. The topological polar surface area (TPSA) is 115 Å². The minimum atomic E-state index is -0.628. The zero-order valence-corrected chi connectivity index (χ0v) is 16.6. The molecule has 1 aliphatic heterocycles. The first-order valence-corrected chi connectivity index (χ1v) is 9.60. The molecule has 5 rings (SSSR count). The molecule has 9 nitrogen and oxygen atoms in total. The molecule has 1 atom stereocenters. The third-order valence-corrected chi connectivity index (χ3v) is 5.47. The summed E-state index contributed by atoms with van der Waals surface area (Å²) in [6.07, 6.45) is 1.84. The van der Waals surface area contributed by atoms with Gasteiger partial charge in [-0.1, -0.05) is 0 Å². The Labute approximate surface area is 175 Å². The van der Waals surface area contributed by atoms with Gasteiger partial charge in [0.1, 0.15) is 11.3 Å². The number of H-pyrrole nitrogens is 1. The van der Waals surface area contributed by atoms with Crippen molar-refractivity contribution in [2.75, 3.05) is 5.32 Å². The summed E-state index contributed by atoms with van der Waals surface area (Å²) in [5.74, 6) is -1.80. The number of hydrogen-bond donors (Lipinski definition) is 2. The molecule has 4 aromatic rings. The first-order chi connectivity index (χ1) is 14.9. The maximum Gasteiger partial charge on any atom is 0.367 e. The number of benzene rings is 1. The maximum atomic E-state index is 13.7. The number of rotatable bonds is 4. The highest BCUT2D eigenvalue weighted by Crippen LogP contribution is 2.36. The van der Waals surface area contributed by atoms with Gasteiger partial charge >= 0.3 is 5.97 Å². The summed E-state index contributed by atoms with van der Waals surface area (Å²) in [6, 6.07) is 7.63. The largest absolute Gasteiger partial charge is 0.367 e. The summed E-state index contributed by atoms with van der Waals surface area (Å²) >= 11 is 0. The van der Waals surface area contributed by atoms with E-state index in [9.17, 15) is 14.0 Å². The Kier molecular flexibility index (Phi) is 4.28. The van der Waals surface area contributed by atoms with Crippen molar-refractivity contribution in [2.24, 2.45) is 0 Å². The van der Waals surface area contributed by atoms with Crippen LogP contribution in [0.1, 0.15) is 38.8 Å². The molecule has 0 bridgehead atoms. The van der Waals surface area contributed by atoms with Crippen molar-refractivity contribution >= 4 is 28.7 Å². The van der Waals surface area contributed by atoms with Gasteiger partial charge in [0, 0.05) is 29.7 Å². The molecule has 4 heterocycles. The number of anilines is 1. The van der Waals surface area contributed by atoms with Crippen LogP contribution in [0.4, 0.5) is 10.1 Å². The highest BCUT2D eigenvalue weighted by Gasteiger charge is 2.33. The van der Waals surface area contributed by atoms with Crippen LogP contribution in [0.5, 0.6) is 0 Å². The van der Waals surface area contributed by atoms with Crippen molar-refractivity contribution < 1.29 is 18.8 Å². The highest BCUT2D eigenvalue weighted by atomic mass is 19.1. The molecule has 2 N–H and O–H groups in total. The molecule has 1 amide bonds. The summed E-state index contributed by atoms with van der Waals surface area (Å²) in [5.41, 5.74) is 4.30. The molecule has 10 heteroatoms. The van der Waals surface area contributed by atoms with Crippen LogP contribution in [0.3, 0.4) is 0 Å². The van der Waals surface area contributed by atoms with Crippen LogP contribution in [0.25, 0.3) is 11.2 Å². The molecular weight excluding hydrogens is 403 g/mol. The smallest absolute Gasteiger partial charge is 0.362 e. The van der Waals surface area contributed by atoms with Crippen molar-refractivity contribution in [1.29, 1.82) is 0 Å². The number of amides is 1. The molecule has 0 radical (unpaired) electrons. The van der Waals surface area contributed by atoms with Gasteiger partial charge in [0.15, 0.2) is 0 Å². The van der Waals surface area contributed by atoms with E-state index < -0.39 is 17.7 Å². The second-order valence-corrected chi connectivity index (χ2v) is 7.39. The van der Waals surface area contributed by atoms with Gasteiger partial charge in [-0.25, -0.2) is 14.2 Å². The Bertz CT molecular complexity index is 1360. The normalized spacial score (nSPS) is 15.2. The van der Waals surface area contributed by atoms with Crippen LogP contribution in [-0.4, -0.2) is 37.0 Å². The summed E-state index contributed by atoms with van der Waals surface area (Å²) < 4.78 is 13.7. The summed E-state index contributed by atoms with van der Waals surface area (Å²) in [4.78, 5) is 39.0. The van der Waals surface area contributed by atoms with Gasteiger partial charge in [-0.05, 0) is 65.4 Å². The number of aromatic amines is 1. The van der Waals surface area contributed by atoms with Crippen molar-refractivity contribution in [3.63, 3.8) is 0 Å². The molecule has 156 valence electrons. The molecule has 31 heavy (non-hydrogen) atoms. The van der Waals surface area contributed by atoms with Crippen LogP contribution >= 0.6 is 0 Å². The maximum absolute atomic E-state index is 13.7. The van der Waals surface area contributed by atoms with Gasteiger partial charge in [-0.3, -0.25) is 4.79 Å². The molecular formula is C21H17FN6O3. The SMILES string of the molecule is Cc1[nH]c(CC2C(=O)Nc3ccc(F)cc32)c(C)c1C(=O)On1nnc2cccnc21. The van der Waals surface area contributed by atoms with Crippen LogP contribution in [-0.2, 0) is 11.2 Å². The lowest BCUT2D eigenvalue weighted by atomic mass is 9.94. The third kappa shape index (κ3) is 3.12. The number of carbonyl (C=O) groups excluding carboxylic acids is 2. The molecule has 0 saturated heterocycles. The summed E-state index contributed by atoms with van der Waals surface area (Å²) in [7, 11) is 0. The molecule has 0 saturated carbocycles. The highest BCUT2D eigenvalue weighted by molar-refractivity contribution is 6.03. The summed E-state index contributed by atoms with van der Waals surface area (Å²) in [6.45, 7) is 3.51. The monoisotopic (exact) mass is 420 g/mol. The lowest BCUT2D eigenvalue weighted by Crippen LogP contribution is -2.22. The van der Waals surface area contributed by atoms with Gasteiger partial charge in [-0.15, -0.1) is 5.10 Å². The van der Waals surface area contributed by atoms with E-state index in [2.05, 4.69) is 25.6 Å². The Hall–Kier alpha value is -4.08. The molecule has 0 aliphatic carbocycles. The van der Waals surface area contributed by atoms with E-state index in [1.165, 1.54) is 12.1 Å². The average Bonchev–Trinajstić information content (AvgIpc) is 3.37. The zero-order valence-electron chi connectivity index (χ0n) is 16.6. The number of pyridine rings is 1. The molecule has 1 aromatic carbocycles. The molecule has 1 aliphatic rings. The van der Waals surface area contributed by atoms with E-state index in [1.54, 1.807) is 38.2 Å². The minimum absolute atomic E-state index is 0.212. The van der Waals surface area contributed by atoms with Gasteiger partial charge in [0.05, 0.1) is 11.5 Å². The number of halogens is 1. The van der Waals surface area contributed by atoms with Crippen molar-refractivity contribution in [3.05, 3.63) is 70.4 Å². The quantitative estimate of drug-likeness (QED) is 0.490. The van der Waals surface area contributed by atoms with Crippen LogP contribution in [0.2, 0.25) is 0 Å². The van der Waals surface area contributed by atoms with Crippen molar-refractivity contribution in [3.8, 4) is 0 Å². The second-order valence-electron chi connectivity index (χ2n) is 7.39. The number of nitrogens with zero attached hydrogens (tertiary/aromatic N) is 4. The van der Waals surface area contributed by atoms with Gasteiger partial charge in [0.2, 0.25) is 11.6 Å². The molecule has 0 fully saturated rings. The number of aromatic nitrogens is 5.